The highest BCUT2D eigenvalue weighted by molar-refractivity contribution is 5.37. The molecule has 3 heteroatoms. The first kappa shape index (κ1) is 15.0. The Hall–Kier alpha value is -1.37. The maximum absolute atomic E-state index is 9.13. The van der Waals surface area contributed by atoms with Gasteiger partial charge in [0.05, 0.1) is 11.6 Å². The molecule has 3 nitrogen and oxygen atoms in total. The van der Waals surface area contributed by atoms with E-state index in [1.165, 1.54) is 19.3 Å². The molecule has 1 N–H and O–H groups in total. The van der Waals surface area contributed by atoms with E-state index in [2.05, 4.69) is 29.3 Å². The number of hydrogen-bond donors (Lipinski definition) is 1. The van der Waals surface area contributed by atoms with Gasteiger partial charge in [-0.3, -0.25) is 4.90 Å². The van der Waals surface area contributed by atoms with Crippen LogP contribution in [0.5, 0.6) is 0 Å². The molecule has 2 rings (SSSR count). The molecule has 0 amide bonds. The predicted molar refractivity (Wildman–Crippen MR) is 82.3 cm³/mol. The molecule has 0 saturated carbocycles. The number of benzene rings is 1. The van der Waals surface area contributed by atoms with Crippen LogP contribution in [0, 0.1) is 17.2 Å². The number of piperidine rings is 1. The molecular formula is C17H25N3. The van der Waals surface area contributed by atoms with E-state index in [4.69, 9.17) is 5.26 Å². The van der Waals surface area contributed by atoms with Gasteiger partial charge >= 0.3 is 0 Å². The van der Waals surface area contributed by atoms with Crippen LogP contribution in [0.4, 0.5) is 0 Å². The average Bonchev–Trinajstić information content (AvgIpc) is 2.50. The smallest absolute Gasteiger partial charge is 0.0995 e. The molecule has 1 aromatic rings. The topological polar surface area (TPSA) is 39.1 Å². The normalized spacial score (nSPS) is 17.0. The van der Waals surface area contributed by atoms with E-state index in [0.717, 1.165) is 49.8 Å². The van der Waals surface area contributed by atoms with Crippen molar-refractivity contribution in [2.24, 2.45) is 5.92 Å². The Labute approximate surface area is 122 Å². The summed E-state index contributed by atoms with van der Waals surface area (Å²) in [5.41, 5.74) is 1.98. The van der Waals surface area contributed by atoms with Crippen molar-refractivity contribution in [1.82, 2.24) is 10.2 Å². The molecule has 1 heterocycles. The fourth-order valence-corrected chi connectivity index (χ4v) is 2.84. The summed E-state index contributed by atoms with van der Waals surface area (Å²) in [5, 5.41) is 12.7. The second-order valence-corrected chi connectivity index (χ2v) is 5.69. The van der Waals surface area contributed by atoms with Gasteiger partial charge in [-0.15, -0.1) is 0 Å². The van der Waals surface area contributed by atoms with Gasteiger partial charge in [-0.05, 0) is 63.0 Å². The Kier molecular flexibility index (Phi) is 6.04. The number of likely N-dealkylation sites (tertiary alicyclic amines) is 1. The molecule has 0 aromatic heterocycles. The van der Waals surface area contributed by atoms with E-state index in [1.54, 1.807) is 0 Å². The zero-order valence-electron chi connectivity index (χ0n) is 12.4. The Balaban J connectivity index is 1.78. The van der Waals surface area contributed by atoms with Crippen LogP contribution < -0.4 is 5.32 Å². The van der Waals surface area contributed by atoms with Crippen LogP contribution >= 0.6 is 0 Å². The second-order valence-electron chi connectivity index (χ2n) is 5.69. The first-order chi connectivity index (χ1) is 9.83. The van der Waals surface area contributed by atoms with Crippen molar-refractivity contribution in [1.29, 1.82) is 5.26 Å². The summed E-state index contributed by atoms with van der Waals surface area (Å²) in [7, 11) is 0. The molecule has 0 aliphatic carbocycles. The minimum Gasteiger partial charge on any atom is -0.316 e. The Morgan fingerprint density at radius 1 is 1.30 bits per heavy atom. The lowest BCUT2D eigenvalue weighted by molar-refractivity contribution is 0.175. The highest BCUT2D eigenvalue weighted by Gasteiger charge is 2.19. The number of nitrogens with one attached hydrogen (secondary N) is 1. The number of hydrogen-bond acceptors (Lipinski definition) is 3. The second kappa shape index (κ2) is 8.04. The predicted octanol–water partition coefficient (Wildman–Crippen LogP) is 2.77. The molecule has 1 saturated heterocycles. The highest BCUT2D eigenvalue weighted by Crippen LogP contribution is 2.19. The van der Waals surface area contributed by atoms with E-state index in [9.17, 15) is 0 Å². The van der Waals surface area contributed by atoms with Crippen molar-refractivity contribution in [2.45, 2.75) is 32.7 Å². The molecule has 108 valence electrons. The molecule has 0 atom stereocenters. The summed E-state index contributed by atoms with van der Waals surface area (Å²) >= 11 is 0. The van der Waals surface area contributed by atoms with Crippen molar-refractivity contribution < 1.29 is 0 Å². The Morgan fingerprint density at radius 3 is 2.75 bits per heavy atom. The lowest BCUT2D eigenvalue weighted by Crippen LogP contribution is -2.37. The summed E-state index contributed by atoms with van der Waals surface area (Å²) in [5.74, 6) is 0.823. The first-order valence-electron chi connectivity index (χ1n) is 7.74. The van der Waals surface area contributed by atoms with E-state index < -0.39 is 0 Å². The highest BCUT2D eigenvalue weighted by atomic mass is 15.1. The van der Waals surface area contributed by atoms with Crippen LogP contribution in [0.1, 0.15) is 37.3 Å². The van der Waals surface area contributed by atoms with Gasteiger partial charge in [-0.2, -0.15) is 5.26 Å². The van der Waals surface area contributed by atoms with E-state index in [-0.39, 0.29) is 0 Å². The van der Waals surface area contributed by atoms with Gasteiger partial charge in [0, 0.05) is 6.54 Å². The van der Waals surface area contributed by atoms with Crippen LogP contribution in [0.2, 0.25) is 0 Å². The van der Waals surface area contributed by atoms with Crippen LogP contribution in [0.3, 0.4) is 0 Å². The van der Waals surface area contributed by atoms with Gasteiger partial charge in [-0.25, -0.2) is 0 Å². The van der Waals surface area contributed by atoms with Crippen molar-refractivity contribution in [3.05, 3.63) is 35.4 Å². The van der Waals surface area contributed by atoms with Crippen LogP contribution in [0.15, 0.2) is 24.3 Å². The van der Waals surface area contributed by atoms with Gasteiger partial charge < -0.3 is 5.32 Å². The Bertz CT molecular complexity index is 442. The largest absolute Gasteiger partial charge is 0.316 e. The van der Waals surface area contributed by atoms with Crippen molar-refractivity contribution in [2.75, 3.05) is 26.2 Å². The molecule has 0 bridgehead atoms. The number of rotatable bonds is 6. The SMILES string of the molecule is CCCNCC1CCN(Cc2ccccc2C#N)CC1. The molecule has 1 aliphatic rings. The van der Waals surface area contributed by atoms with Crippen LogP contribution in [-0.4, -0.2) is 31.1 Å². The third-order valence-electron chi connectivity index (χ3n) is 4.10. The monoisotopic (exact) mass is 271 g/mol. The minimum absolute atomic E-state index is 0.819. The summed E-state index contributed by atoms with van der Waals surface area (Å²) in [4.78, 5) is 2.48. The number of nitrogens with zero attached hydrogens (tertiary/aromatic N) is 2. The van der Waals surface area contributed by atoms with Crippen molar-refractivity contribution >= 4 is 0 Å². The molecule has 0 spiro atoms. The first-order valence-corrected chi connectivity index (χ1v) is 7.74. The maximum atomic E-state index is 9.13. The van der Waals surface area contributed by atoms with Crippen molar-refractivity contribution in [3.8, 4) is 6.07 Å². The Morgan fingerprint density at radius 2 is 2.05 bits per heavy atom. The molecule has 20 heavy (non-hydrogen) atoms. The maximum Gasteiger partial charge on any atom is 0.0995 e. The third-order valence-corrected chi connectivity index (χ3v) is 4.10. The van der Waals surface area contributed by atoms with Crippen LogP contribution in [0.25, 0.3) is 0 Å². The summed E-state index contributed by atoms with van der Waals surface area (Å²) in [6, 6.07) is 10.2. The molecule has 1 fully saturated rings. The molecular weight excluding hydrogens is 246 g/mol. The van der Waals surface area contributed by atoms with Crippen molar-refractivity contribution in [3.63, 3.8) is 0 Å². The van der Waals surface area contributed by atoms with E-state index >= 15 is 0 Å². The van der Waals surface area contributed by atoms with Gasteiger partial charge in [0.15, 0.2) is 0 Å². The molecule has 1 aromatic carbocycles. The molecule has 0 unspecified atom stereocenters. The van der Waals surface area contributed by atoms with Gasteiger partial charge in [0.25, 0.3) is 0 Å². The fourth-order valence-electron chi connectivity index (χ4n) is 2.84. The molecule has 1 aliphatic heterocycles. The van der Waals surface area contributed by atoms with Gasteiger partial charge in [0.2, 0.25) is 0 Å². The lowest BCUT2D eigenvalue weighted by atomic mass is 9.96. The van der Waals surface area contributed by atoms with Gasteiger partial charge in [0.1, 0.15) is 0 Å². The standard InChI is InChI=1S/C17H25N3/c1-2-9-19-13-15-7-10-20(11-8-15)14-17-6-4-3-5-16(17)12-18/h3-6,15,19H,2,7-11,13-14H2,1H3. The summed E-state index contributed by atoms with van der Waals surface area (Å²) in [6.07, 6.45) is 3.75. The quantitative estimate of drug-likeness (QED) is 0.809. The van der Waals surface area contributed by atoms with E-state index in [0.29, 0.717) is 0 Å². The zero-order chi connectivity index (χ0) is 14.2. The molecule has 0 radical (unpaired) electrons. The van der Waals surface area contributed by atoms with E-state index in [1.807, 2.05) is 18.2 Å². The zero-order valence-corrected chi connectivity index (χ0v) is 12.4. The third kappa shape index (κ3) is 4.33. The van der Waals surface area contributed by atoms with Gasteiger partial charge in [-0.1, -0.05) is 25.1 Å². The minimum atomic E-state index is 0.819. The summed E-state index contributed by atoms with van der Waals surface area (Å²) < 4.78 is 0. The summed E-state index contributed by atoms with van der Waals surface area (Å²) in [6.45, 7) is 7.73. The number of nitriles is 1. The average molecular weight is 271 g/mol. The fraction of sp³-hybridized carbons (Fsp3) is 0.588. The lowest BCUT2D eigenvalue weighted by Gasteiger charge is -2.32. The van der Waals surface area contributed by atoms with Crippen LogP contribution in [-0.2, 0) is 6.54 Å².